The van der Waals surface area contributed by atoms with E-state index < -0.39 is 5.91 Å². The molecule has 4 nitrogen and oxygen atoms in total. The largest absolute Gasteiger partial charge is 0.493 e. The first-order valence-electron chi connectivity index (χ1n) is 8.45. The number of hydrogen-bond donors (Lipinski definition) is 1. The quantitative estimate of drug-likeness (QED) is 0.476. The molecule has 1 amide bonds. The number of rotatable bonds is 5. The lowest BCUT2D eigenvalue weighted by atomic mass is 10.0. The van der Waals surface area contributed by atoms with Crippen LogP contribution in [-0.4, -0.2) is 12.5 Å². The summed E-state index contributed by atoms with van der Waals surface area (Å²) in [4.78, 5) is 12.6. The number of nitrogens with zero attached hydrogens (tertiary/aromatic N) is 1. The Morgan fingerprint density at radius 1 is 1.15 bits per heavy atom. The number of carbonyl (C=O) groups excluding carboxylic acids is 1. The van der Waals surface area contributed by atoms with Crippen LogP contribution in [0.5, 0.6) is 5.75 Å². The van der Waals surface area contributed by atoms with Crippen LogP contribution in [0.15, 0.2) is 66.2 Å². The minimum absolute atomic E-state index is 0.0118. The molecule has 0 atom stereocenters. The first-order chi connectivity index (χ1) is 13.1. The Labute approximate surface area is 162 Å². The molecule has 0 fully saturated rings. The number of nitrogens with one attached hydrogen (secondary N) is 1. The van der Waals surface area contributed by atoms with Crippen LogP contribution in [0, 0.1) is 11.3 Å². The van der Waals surface area contributed by atoms with Crippen molar-refractivity contribution in [1.29, 1.82) is 5.26 Å². The van der Waals surface area contributed by atoms with Gasteiger partial charge < -0.3 is 10.1 Å². The Morgan fingerprint density at radius 2 is 1.89 bits per heavy atom. The third-order valence-electron chi connectivity index (χ3n) is 3.99. The van der Waals surface area contributed by atoms with Crippen molar-refractivity contribution in [2.75, 3.05) is 11.9 Å². The number of halogens is 1. The second-order valence-corrected chi connectivity index (χ2v) is 6.20. The fourth-order valence-corrected chi connectivity index (χ4v) is 2.86. The highest BCUT2D eigenvalue weighted by atomic mass is 35.5. The fraction of sp³-hybridized carbons (Fsp3) is 0.0909. The third kappa shape index (κ3) is 4.28. The summed E-state index contributed by atoms with van der Waals surface area (Å²) in [5.74, 6) is 0.137. The molecule has 0 saturated heterocycles. The molecule has 134 valence electrons. The van der Waals surface area contributed by atoms with Crippen LogP contribution in [-0.2, 0) is 4.79 Å². The maximum Gasteiger partial charge on any atom is 0.266 e. The van der Waals surface area contributed by atoms with Crippen LogP contribution in [0.1, 0.15) is 12.5 Å². The van der Waals surface area contributed by atoms with Crippen molar-refractivity contribution in [3.8, 4) is 11.8 Å². The summed E-state index contributed by atoms with van der Waals surface area (Å²) in [6.45, 7) is 2.37. The molecule has 0 aliphatic heterocycles. The van der Waals surface area contributed by atoms with E-state index in [1.54, 1.807) is 30.3 Å². The molecule has 1 N–H and O–H groups in total. The molecule has 0 spiro atoms. The summed E-state index contributed by atoms with van der Waals surface area (Å²) < 4.78 is 5.70. The number of fused-ring (bicyclic) bond motifs is 1. The van der Waals surface area contributed by atoms with E-state index >= 15 is 0 Å². The Bertz CT molecular complexity index is 1050. The van der Waals surface area contributed by atoms with E-state index in [1.807, 2.05) is 49.4 Å². The van der Waals surface area contributed by atoms with Crippen LogP contribution < -0.4 is 10.1 Å². The van der Waals surface area contributed by atoms with Crippen LogP contribution in [0.25, 0.3) is 16.8 Å². The molecule has 0 aromatic heterocycles. The Hall–Kier alpha value is -3.29. The Kier molecular flexibility index (Phi) is 5.75. The van der Waals surface area contributed by atoms with Crippen LogP contribution >= 0.6 is 11.6 Å². The minimum atomic E-state index is -0.491. The number of anilines is 1. The lowest BCUT2D eigenvalue weighted by Crippen LogP contribution is -2.13. The van der Waals surface area contributed by atoms with Gasteiger partial charge in [-0.1, -0.05) is 41.9 Å². The van der Waals surface area contributed by atoms with Crippen LogP contribution in [0.3, 0.4) is 0 Å². The molecule has 0 aliphatic carbocycles. The number of hydrogen-bond acceptors (Lipinski definition) is 3. The first kappa shape index (κ1) is 18.5. The maximum absolute atomic E-state index is 12.6. The average Bonchev–Trinajstić information content (AvgIpc) is 2.69. The predicted octanol–water partition coefficient (Wildman–Crippen LogP) is 5.44. The highest BCUT2D eigenvalue weighted by Crippen LogP contribution is 2.30. The molecule has 3 aromatic rings. The summed E-state index contributed by atoms with van der Waals surface area (Å²) in [7, 11) is 0. The normalized spacial score (nSPS) is 11.1. The van der Waals surface area contributed by atoms with Gasteiger partial charge in [0.15, 0.2) is 0 Å². The Morgan fingerprint density at radius 3 is 2.59 bits per heavy atom. The van der Waals surface area contributed by atoms with Gasteiger partial charge in [-0.2, -0.15) is 5.26 Å². The highest BCUT2D eigenvalue weighted by molar-refractivity contribution is 6.30. The van der Waals surface area contributed by atoms with Gasteiger partial charge in [-0.05, 0) is 54.1 Å². The van der Waals surface area contributed by atoms with Gasteiger partial charge in [0.05, 0.1) is 6.61 Å². The average molecular weight is 377 g/mol. The van der Waals surface area contributed by atoms with E-state index in [-0.39, 0.29) is 5.57 Å². The van der Waals surface area contributed by atoms with E-state index in [0.29, 0.717) is 28.6 Å². The molecule has 27 heavy (non-hydrogen) atoms. The lowest BCUT2D eigenvalue weighted by molar-refractivity contribution is -0.112. The van der Waals surface area contributed by atoms with Gasteiger partial charge in [0.25, 0.3) is 5.91 Å². The van der Waals surface area contributed by atoms with E-state index in [0.717, 1.165) is 10.8 Å². The van der Waals surface area contributed by atoms with Gasteiger partial charge in [-0.15, -0.1) is 0 Å². The summed E-state index contributed by atoms with van der Waals surface area (Å²) in [6.07, 6.45) is 1.57. The minimum Gasteiger partial charge on any atom is -0.493 e. The number of ether oxygens (including phenoxy) is 1. The van der Waals surface area contributed by atoms with Gasteiger partial charge in [0, 0.05) is 16.3 Å². The van der Waals surface area contributed by atoms with Crippen LogP contribution in [0.2, 0.25) is 5.02 Å². The molecule has 0 saturated carbocycles. The zero-order chi connectivity index (χ0) is 19.2. The molecule has 0 radical (unpaired) electrons. The van der Waals surface area contributed by atoms with Crippen molar-refractivity contribution in [1.82, 2.24) is 0 Å². The van der Waals surface area contributed by atoms with Gasteiger partial charge in [0.1, 0.15) is 17.4 Å². The lowest BCUT2D eigenvalue weighted by Gasteiger charge is -2.11. The van der Waals surface area contributed by atoms with Gasteiger partial charge in [0.2, 0.25) is 0 Å². The molecule has 0 heterocycles. The second-order valence-electron chi connectivity index (χ2n) is 5.76. The molecular weight excluding hydrogens is 360 g/mol. The van der Waals surface area contributed by atoms with Crippen molar-refractivity contribution in [2.24, 2.45) is 0 Å². The fourth-order valence-electron chi connectivity index (χ4n) is 2.73. The maximum atomic E-state index is 12.6. The van der Waals surface area contributed by atoms with Gasteiger partial charge in [-0.25, -0.2) is 0 Å². The van der Waals surface area contributed by atoms with Crippen molar-refractivity contribution in [3.63, 3.8) is 0 Å². The third-order valence-corrected chi connectivity index (χ3v) is 4.24. The number of carbonyl (C=O) groups is 1. The number of amides is 1. The summed E-state index contributed by atoms with van der Waals surface area (Å²) in [5.41, 5.74) is 1.26. The second kappa shape index (κ2) is 8.39. The molecular formula is C22H17ClN2O2. The molecule has 0 bridgehead atoms. The standard InChI is InChI=1S/C22H17ClN2O2/c1-2-27-21-12-7-15-5-3-4-6-19(15)20(21)13-16(14-24)22(26)25-18-10-8-17(23)9-11-18/h3-13H,2H2,1H3,(H,25,26)/b16-13-. The summed E-state index contributed by atoms with van der Waals surface area (Å²) in [6, 6.07) is 20.3. The van der Waals surface area contributed by atoms with Crippen molar-refractivity contribution in [2.45, 2.75) is 6.92 Å². The topological polar surface area (TPSA) is 62.1 Å². The first-order valence-corrected chi connectivity index (χ1v) is 8.83. The smallest absolute Gasteiger partial charge is 0.266 e. The Balaban J connectivity index is 2.02. The number of nitriles is 1. The van der Waals surface area contributed by atoms with Crippen molar-refractivity contribution in [3.05, 3.63) is 76.8 Å². The van der Waals surface area contributed by atoms with E-state index in [1.165, 1.54) is 0 Å². The van der Waals surface area contributed by atoms with E-state index in [4.69, 9.17) is 16.3 Å². The zero-order valence-electron chi connectivity index (χ0n) is 14.7. The van der Waals surface area contributed by atoms with Crippen LogP contribution in [0.4, 0.5) is 5.69 Å². The predicted molar refractivity (Wildman–Crippen MR) is 109 cm³/mol. The molecule has 3 aromatic carbocycles. The molecule has 5 heteroatoms. The van der Waals surface area contributed by atoms with E-state index in [2.05, 4.69) is 5.32 Å². The zero-order valence-corrected chi connectivity index (χ0v) is 15.5. The van der Waals surface area contributed by atoms with Gasteiger partial charge >= 0.3 is 0 Å². The number of benzene rings is 3. The van der Waals surface area contributed by atoms with Crippen molar-refractivity contribution < 1.29 is 9.53 Å². The summed E-state index contributed by atoms with van der Waals surface area (Å²) >= 11 is 5.86. The summed E-state index contributed by atoms with van der Waals surface area (Å²) in [5, 5.41) is 14.7. The van der Waals surface area contributed by atoms with E-state index in [9.17, 15) is 10.1 Å². The van der Waals surface area contributed by atoms with Crippen molar-refractivity contribution >= 4 is 40.0 Å². The molecule has 3 rings (SSSR count). The molecule has 0 aliphatic rings. The highest BCUT2D eigenvalue weighted by Gasteiger charge is 2.13. The SMILES string of the molecule is CCOc1ccc2ccccc2c1/C=C(/C#N)C(=O)Nc1ccc(Cl)cc1. The molecule has 0 unspecified atom stereocenters. The van der Waals surface area contributed by atoms with Gasteiger partial charge in [-0.3, -0.25) is 4.79 Å². The monoisotopic (exact) mass is 376 g/mol.